The molecule has 7 heteroatoms. The third-order valence-corrected chi connectivity index (χ3v) is 3.07. The minimum atomic E-state index is -0.448. The Kier molecular flexibility index (Phi) is 4.49. The van der Waals surface area contributed by atoms with Crippen LogP contribution in [0.4, 0.5) is 11.4 Å². The lowest BCUT2D eigenvalue weighted by Gasteiger charge is -2.13. The van der Waals surface area contributed by atoms with Gasteiger partial charge >= 0.3 is 0 Å². The molecule has 1 aromatic heterocycles. The summed E-state index contributed by atoms with van der Waals surface area (Å²) in [5, 5.41) is 3.05. The molecule has 1 aromatic carbocycles. The Balaban J connectivity index is 2.35. The zero-order valence-electron chi connectivity index (χ0n) is 11.5. The van der Waals surface area contributed by atoms with Crippen LogP contribution < -0.4 is 20.5 Å². The topological polar surface area (TPSA) is 86.5 Å². The molecule has 0 aliphatic heterocycles. The standard InChI is InChI=1S/C14H14ClN3O3/c1-20-11-7-10(12(21-2)6-8(11)15)18-14(19)13-9(16)4-3-5-17-13/h3-7H,16H2,1-2H3,(H,18,19). The summed E-state index contributed by atoms with van der Waals surface area (Å²) in [6, 6.07) is 6.37. The van der Waals surface area contributed by atoms with Crippen molar-refractivity contribution in [3.8, 4) is 11.5 Å². The molecule has 21 heavy (non-hydrogen) atoms. The molecule has 2 aromatic rings. The van der Waals surface area contributed by atoms with Gasteiger partial charge in [0.2, 0.25) is 0 Å². The van der Waals surface area contributed by atoms with Crippen LogP contribution in [0, 0.1) is 0 Å². The molecule has 0 saturated carbocycles. The Hall–Kier alpha value is -2.47. The van der Waals surface area contributed by atoms with Gasteiger partial charge < -0.3 is 20.5 Å². The van der Waals surface area contributed by atoms with Gasteiger partial charge in [0.1, 0.15) is 11.5 Å². The predicted molar refractivity (Wildman–Crippen MR) is 81.2 cm³/mol. The Morgan fingerprint density at radius 2 is 2.00 bits per heavy atom. The first-order valence-corrected chi connectivity index (χ1v) is 6.38. The number of halogens is 1. The smallest absolute Gasteiger partial charge is 0.276 e. The molecule has 0 radical (unpaired) electrons. The molecule has 0 bridgehead atoms. The number of nitrogens with one attached hydrogen (secondary N) is 1. The fourth-order valence-electron chi connectivity index (χ4n) is 1.75. The molecular formula is C14H14ClN3O3. The number of methoxy groups -OCH3 is 2. The lowest BCUT2D eigenvalue weighted by molar-refractivity contribution is 0.102. The zero-order valence-corrected chi connectivity index (χ0v) is 12.3. The number of carbonyl (C=O) groups excluding carboxylic acids is 1. The Bertz CT molecular complexity index is 677. The summed E-state index contributed by atoms with van der Waals surface area (Å²) in [6.07, 6.45) is 1.49. The summed E-state index contributed by atoms with van der Waals surface area (Å²) in [5.74, 6) is 0.376. The number of amides is 1. The van der Waals surface area contributed by atoms with E-state index < -0.39 is 5.91 Å². The quantitative estimate of drug-likeness (QED) is 0.906. The van der Waals surface area contributed by atoms with Gasteiger partial charge in [-0.2, -0.15) is 0 Å². The maximum absolute atomic E-state index is 12.2. The van der Waals surface area contributed by atoms with Crippen LogP contribution in [0.3, 0.4) is 0 Å². The third kappa shape index (κ3) is 3.17. The number of hydrogen-bond donors (Lipinski definition) is 2. The fourth-order valence-corrected chi connectivity index (χ4v) is 1.98. The first kappa shape index (κ1) is 14.9. The number of pyridine rings is 1. The van der Waals surface area contributed by atoms with Crippen molar-refractivity contribution in [1.82, 2.24) is 4.98 Å². The number of benzene rings is 1. The highest BCUT2D eigenvalue weighted by Crippen LogP contribution is 2.36. The predicted octanol–water partition coefficient (Wildman–Crippen LogP) is 2.59. The first-order chi connectivity index (χ1) is 10.1. The van der Waals surface area contributed by atoms with Crippen molar-refractivity contribution in [2.75, 3.05) is 25.3 Å². The molecule has 3 N–H and O–H groups in total. The number of nitrogens with zero attached hydrogens (tertiary/aromatic N) is 1. The van der Waals surface area contributed by atoms with E-state index in [9.17, 15) is 4.79 Å². The molecule has 0 spiro atoms. The number of aromatic nitrogens is 1. The van der Waals surface area contributed by atoms with Crippen LogP contribution in [0.1, 0.15) is 10.5 Å². The van der Waals surface area contributed by atoms with Gasteiger partial charge in [0.15, 0.2) is 5.69 Å². The van der Waals surface area contributed by atoms with Gasteiger partial charge in [0.25, 0.3) is 5.91 Å². The molecule has 1 heterocycles. The number of nitrogen functional groups attached to an aromatic ring is 1. The van der Waals surface area contributed by atoms with Crippen LogP contribution in [0.5, 0.6) is 11.5 Å². The van der Waals surface area contributed by atoms with Gasteiger partial charge in [-0.1, -0.05) is 11.6 Å². The van der Waals surface area contributed by atoms with Crippen LogP contribution in [0.2, 0.25) is 5.02 Å². The molecule has 6 nitrogen and oxygen atoms in total. The molecule has 0 atom stereocenters. The first-order valence-electron chi connectivity index (χ1n) is 6.00. The van der Waals surface area contributed by atoms with Gasteiger partial charge in [0.05, 0.1) is 30.6 Å². The van der Waals surface area contributed by atoms with Crippen molar-refractivity contribution < 1.29 is 14.3 Å². The highest BCUT2D eigenvalue weighted by Gasteiger charge is 2.16. The second-order valence-electron chi connectivity index (χ2n) is 4.08. The molecule has 0 aliphatic rings. The number of nitrogens with two attached hydrogens (primary N) is 1. The number of rotatable bonds is 4. The van der Waals surface area contributed by atoms with Crippen LogP contribution >= 0.6 is 11.6 Å². The Labute approximate surface area is 126 Å². The van der Waals surface area contributed by atoms with E-state index in [2.05, 4.69) is 10.3 Å². The van der Waals surface area contributed by atoms with E-state index in [-0.39, 0.29) is 11.4 Å². The average Bonchev–Trinajstić information content (AvgIpc) is 2.48. The second-order valence-corrected chi connectivity index (χ2v) is 4.49. The summed E-state index contributed by atoms with van der Waals surface area (Å²) >= 11 is 6.01. The van der Waals surface area contributed by atoms with Crippen LogP contribution in [0.25, 0.3) is 0 Å². The highest BCUT2D eigenvalue weighted by atomic mass is 35.5. The molecule has 0 saturated heterocycles. The lowest BCUT2D eigenvalue weighted by Crippen LogP contribution is -2.16. The van der Waals surface area contributed by atoms with E-state index in [0.717, 1.165) is 0 Å². The number of hydrogen-bond acceptors (Lipinski definition) is 5. The third-order valence-electron chi connectivity index (χ3n) is 2.78. The van der Waals surface area contributed by atoms with E-state index in [1.807, 2.05) is 0 Å². The Morgan fingerprint density at radius 1 is 1.29 bits per heavy atom. The maximum atomic E-state index is 12.2. The second kappa shape index (κ2) is 6.32. The minimum absolute atomic E-state index is 0.133. The summed E-state index contributed by atoms with van der Waals surface area (Å²) < 4.78 is 10.3. The van der Waals surface area contributed by atoms with Crippen molar-refractivity contribution >= 4 is 28.9 Å². The molecule has 110 valence electrons. The van der Waals surface area contributed by atoms with Gasteiger partial charge in [-0.15, -0.1) is 0 Å². The van der Waals surface area contributed by atoms with Crippen LogP contribution in [-0.2, 0) is 0 Å². The SMILES string of the molecule is COc1cc(NC(=O)c2ncccc2N)c(OC)cc1Cl. The van der Waals surface area contributed by atoms with Crippen molar-refractivity contribution in [2.24, 2.45) is 0 Å². The van der Waals surface area contributed by atoms with E-state index in [4.69, 9.17) is 26.8 Å². The van der Waals surface area contributed by atoms with Gasteiger partial charge in [-0.25, -0.2) is 4.98 Å². The highest BCUT2D eigenvalue weighted by molar-refractivity contribution is 6.32. The van der Waals surface area contributed by atoms with Gasteiger partial charge in [-0.3, -0.25) is 4.79 Å². The zero-order chi connectivity index (χ0) is 15.4. The fraction of sp³-hybridized carbons (Fsp3) is 0.143. The largest absolute Gasteiger partial charge is 0.495 e. The average molecular weight is 308 g/mol. The lowest BCUT2D eigenvalue weighted by atomic mass is 10.2. The molecule has 1 amide bonds. The minimum Gasteiger partial charge on any atom is -0.495 e. The molecule has 0 fully saturated rings. The number of ether oxygens (including phenoxy) is 2. The number of anilines is 2. The number of carbonyl (C=O) groups is 1. The van der Waals surface area contributed by atoms with Gasteiger partial charge in [0, 0.05) is 18.3 Å². The van der Waals surface area contributed by atoms with Crippen LogP contribution in [-0.4, -0.2) is 25.1 Å². The van der Waals surface area contributed by atoms with Crippen molar-refractivity contribution in [1.29, 1.82) is 0 Å². The van der Waals surface area contributed by atoms with Crippen molar-refractivity contribution in [3.63, 3.8) is 0 Å². The normalized spacial score (nSPS) is 10.0. The maximum Gasteiger partial charge on any atom is 0.276 e. The van der Waals surface area contributed by atoms with Crippen LogP contribution in [0.15, 0.2) is 30.5 Å². The summed E-state index contributed by atoms with van der Waals surface area (Å²) in [7, 11) is 2.96. The molecular weight excluding hydrogens is 294 g/mol. The molecule has 0 aliphatic carbocycles. The van der Waals surface area contributed by atoms with E-state index in [0.29, 0.717) is 22.2 Å². The summed E-state index contributed by atoms with van der Waals surface area (Å²) in [6.45, 7) is 0. The summed E-state index contributed by atoms with van der Waals surface area (Å²) in [5.41, 5.74) is 6.56. The molecule has 0 unspecified atom stereocenters. The van der Waals surface area contributed by atoms with E-state index in [1.54, 1.807) is 24.3 Å². The van der Waals surface area contributed by atoms with Crippen molar-refractivity contribution in [2.45, 2.75) is 0 Å². The van der Waals surface area contributed by atoms with E-state index >= 15 is 0 Å². The van der Waals surface area contributed by atoms with Gasteiger partial charge in [-0.05, 0) is 12.1 Å². The summed E-state index contributed by atoms with van der Waals surface area (Å²) in [4.78, 5) is 16.2. The van der Waals surface area contributed by atoms with Crippen molar-refractivity contribution in [3.05, 3.63) is 41.2 Å². The monoisotopic (exact) mass is 307 g/mol. The molecule has 2 rings (SSSR count). The Morgan fingerprint density at radius 3 is 2.62 bits per heavy atom. The van der Waals surface area contributed by atoms with E-state index in [1.165, 1.54) is 20.4 Å².